The third-order valence-electron chi connectivity index (χ3n) is 7.93. The van der Waals surface area contributed by atoms with Gasteiger partial charge in [0.15, 0.2) is 28.7 Å². The van der Waals surface area contributed by atoms with Crippen molar-refractivity contribution in [3.05, 3.63) is 101 Å². The maximum absolute atomic E-state index is 15.2. The van der Waals surface area contributed by atoms with Crippen molar-refractivity contribution in [3.63, 3.8) is 0 Å². The van der Waals surface area contributed by atoms with Gasteiger partial charge in [0.2, 0.25) is 0 Å². The Morgan fingerprint density at radius 3 is 2.62 bits per heavy atom. The molecule has 1 saturated heterocycles. The number of morpholine rings is 1. The van der Waals surface area contributed by atoms with Crippen molar-refractivity contribution < 1.29 is 13.9 Å². The van der Waals surface area contributed by atoms with Crippen molar-refractivity contribution in [1.82, 2.24) is 25.3 Å². The maximum atomic E-state index is 15.2. The predicted molar refractivity (Wildman–Crippen MR) is 146 cm³/mol. The molecule has 9 heteroatoms. The lowest BCUT2D eigenvalue weighted by atomic mass is 9.68. The van der Waals surface area contributed by atoms with E-state index in [2.05, 4.69) is 75.4 Å². The molecule has 4 aromatic rings. The minimum atomic E-state index is -0.562. The molecule has 1 unspecified atom stereocenters. The number of aromatic amines is 1. The Hall–Kier alpha value is -4.24. The van der Waals surface area contributed by atoms with Gasteiger partial charge in [0.1, 0.15) is 5.82 Å². The van der Waals surface area contributed by atoms with Crippen LogP contribution in [-0.4, -0.2) is 46.2 Å². The van der Waals surface area contributed by atoms with E-state index in [-0.39, 0.29) is 17.7 Å². The van der Waals surface area contributed by atoms with Crippen molar-refractivity contribution in [2.24, 2.45) is 0 Å². The van der Waals surface area contributed by atoms with Gasteiger partial charge < -0.3 is 24.7 Å². The maximum Gasteiger partial charge on any atom is 0.198 e. The van der Waals surface area contributed by atoms with E-state index in [1.807, 2.05) is 6.07 Å². The summed E-state index contributed by atoms with van der Waals surface area (Å²) in [6.45, 7) is 7.49. The van der Waals surface area contributed by atoms with E-state index in [0.717, 1.165) is 48.8 Å². The second kappa shape index (κ2) is 9.20. The summed E-state index contributed by atoms with van der Waals surface area (Å²) in [6.07, 6.45) is 7.51. The van der Waals surface area contributed by atoms with Gasteiger partial charge in [-0.05, 0) is 23.8 Å². The zero-order valence-electron chi connectivity index (χ0n) is 21.8. The lowest BCUT2D eigenvalue weighted by Gasteiger charge is -2.40. The molecule has 0 bridgehead atoms. The fourth-order valence-electron chi connectivity index (χ4n) is 5.87. The molecule has 0 aliphatic carbocycles. The standard InChI is InChI=1S/C30H29FN6O2/c1-30(2,29-35-26-27(36-29)33-13-12-32-26)24-20-4-3-5-22(31)25(20)39-28-21(24)10-11-23(34-28)18-6-8-19(9-7-18)37-14-16-38-17-15-37/h3-13,23-24,34H,14-17H2,1-2H3,(H,32,33,35,36)/t23-,24?/m0/s1. The van der Waals surface area contributed by atoms with Crippen molar-refractivity contribution >= 4 is 17.0 Å². The molecular formula is C30H29FN6O2. The Morgan fingerprint density at radius 2 is 1.82 bits per heavy atom. The summed E-state index contributed by atoms with van der Waals surface area (Å²) in [5.74, 6) is 0.900. The number of aromatic nitrogens is 4. The zero-order chi connectivity index (χ0) is 26.6. The van der Waals surface area contributed by atoms with Gasteiger partial charge in [-0.15, -0.1) is 0 Å². The number of anilines is 1. The number of rotatable bonds is 4. The summed E-state index contributed by atoms with van der Waals surface area (Å²) in [7, 11) is 0. The number of fused-ring (bicyclic) bond motifs is 2. The highest BCUT2D eigenvalue weighted by Gasteiger charge is 2.44. The number of hydrogen-bond donors (Lipinski definition) is 2. The first-order valence-corrected chi connectivity index (χ1v) is 13.2. The van der Waals surface area contributed by atoms with E-state index < -0.39 is 11.2 Å². The lowest BCUT2D eigenvalue weighted by molar-refractivity contribution is 0.122. The number of ether oxygens (including phenoxy) is 2. The monoisotopic (exact) mass is 524 g/mol. The smallest absolute Gasteiger partial charge is 0.198 e. The van der Waals surface area contributed by atoms with Crippen LogP contribution in [0.25, 0.3) is 11.3 Å². The fraction of sp³-hybridized carbons (Fsp3) is 0.300. The van der Waals surface area contributed by atoms with Crippen LogP contribution in [0.15, 0.2) is 78.5 Å². The first-order chi connectivity index (χ1) is 19.0. The topological polar surface area (TPSA) is 88.2 Å². The van der Waals surface area contributed by atoms with Crippen LogP contribution in [0.2, 0.25) is 0 Å². The molecule has 2 aromatic carbocycles. The number of halogens is 1. The highest BCUT2D eigenvalue weighted by Crippen LogP contribution is 2.51. The molecular weight excluding hydrogens is 495 g/mol. The average molecular weight is 525 g/mol. The molecule has 7 rings (SSSR count). The molecule has 0 saturated carbocycles. The number of nitrogens with zero attached hydrogens (tertiary/aromatic N) is 4. The van der Waals surface area contributed by atoms with E-state index in [1.54, 1.807) is 18.5 Å². The first kappa shape index (κ1) is 23.8. The summed E-state index contributed by atoms with van der Waals surface area (Å²) < 4.78 is 26.9. The minimum Gasteiger partial charge on any atom is -0.438 e. The normalized spacial score (nSPS) is 20.8. The van der Waals surface area contributed by atoms with Gasteiger partial charge in [-0.3, -0.25) is 0 Å². The second-order valence-corrected chi connectivity index (χ2v) is 10.7. The third kappa shape index (κ3) is 4.04. The fourth-order valence-corrected chi connectivity index (χ4v) is 5.87. The molecule has 3 aliphatic heterocycles. The second-order valence-electron chi connectivity index (χ2n) is 10.7. The van der Waals surface area contributed by atoms with Crippen LogP contribution < -0.4 is 15.0 Å². The number of allylic oxidation sites excluding steroid dienone is 2. The molecule has 0 amide bonds. The molecule has 3 aliphatic rings. The summed E-state index contributed by atoms with van der Waals surface area (Å²) in [4.78, 5) is 19.1. The number of benzene rings is 2. The Bertz CT molecular complexity index is 1570. The highest BCUT2D eigenvalue weighted by molar-refractivity contribution is 5.65. The lowest BCUT2D eigenvalue weighted by Crippen LogP contribution is -2.38. The number of H-pyrrole nitrogens is 1. The Labute approximate surface area is 225 Å². The van der Waals surface area contributed by atoms with Gasteiger partial charge in [-0.25, -0.2) is 19.3 Å². The predicted octanol–water partition coefficient (Wildman–Crippen LogP) is 4.89. The van der Waals surface area contributed by atoms with Gasteiger partial charge in [-0.1, -0.05) is 50.3 Å². The van der Waals surface area contributed by atoms with E-state index in [1.165, 1.54) is 11.8 Å². The summed E-state index contributed by atoms with van der Waals surface area (Å²) >= 11 is 0. The average Bonchev–Trinajstić information content (AvgIpc) is 3.42. The van der Waals surface area contributed by atoms with Crippen LogP contribution in [-0.2, 0) is 10.2 Å². The quantitative estimate of drug-likeness (QED) is 0.393. The largest absolute Gasteiger partial charge is 0.438 e. The van der Waals surface area contributed by atoms with Crippen molar-refractivity contribution in [2.75, 3.05) is 31.2 Å². The van der Waals surface area contributed by atoms with Crippen LogP contribution in [0.1, 0.15) is 42.8 Å². The van der Waals surface area contributed by atoms with E-state index >= 15 is 4.39 Å². The zero-order valence-corrected chi connectivity index (χ0v) is 21.8. The molecule has 2 aromatic heterocycles. The third-order valence-corrected chi connectivity index (χ3v) is 7.93. The van der Waals surface area contributed by atoms with Crippen LogP contribution in [0.4, 0.5) is 10.1 Å². The van der Waals surface area contributed by atoms with Crippen LogP contribution in [0.5, 0.6) is 5.75 Å². The number of para-hydroxylation sites is 1. The van der Waals surface area contributed by atoms with Crippen molar-refractivity contribution in [3.8, 4) is 5.75 Å². The number of nitrogens with one attached hydrogen (secondary N) is 2. The molecule has 39 heavy (non-hydrogen) atoms. The minimum absolute atomic E-state index is 0.112. The molecule has 0 spiro atoms. The van der Waals surface area contributed by atoms with Gasteiger partial charge >= 0.3 is 0 Å². The van der Waals surface area contributed by atoms with E-state index in [9.17, 15) is 0 Å². The van der Waals surface area contributed by atoms with Crippen LogP contribution >= 0.6 is 0 Å². The molecule has 8 nitrogen and oxygen atoms in total. The number of dihydropyridines is 1. The Morgan fingerprint density at radius 1 is 1.03 bits per heavy atom. The summed E-state index contributed by atoms with van der Waals surface area (Å²) in [6, 6.07) is 13.5. The van der Waals surface area contributed by atoms with Gasteiger partial charge in [0.05, 0.1) is 19.3 Å². The Balaban J connectivity index is 1.24. The SMILES string of the molecule is CC(C)(c1nc2nccnc2[nH]1)C1C2=C(N[C@H](c3ccc(N4CCOCC4)cc3)C=C2)Oc2c(F)cccc21. The molecule has 0 radical (unpaired) electrons. The molecule has 1 fully saturated rings. The highest BCUT2D eigenvalue weighted by atomic mass is 19.1. The van der Waals surface area contributed by atoms with E-state index in [0.29, 0.717) is 17.2 Å². The van der Waals surface area contributed by atoms with Crippen molar-refractivity contribution in [2.45, 2.75) is 31.2 Å². The molecule has 5 heterocycles. The van der Waals surface area contributed by atoms with Gasteiger partial charge in [0, 0.05) is 53.6 Å². The number of imidazole rings is 1. The summed E-state index contributed by atoms with van der Waals surface area (Å²) in [5, 5.41) is 3.53. The summed E-state index contributed by atoms with van der Waals surface area (Å²) in [5.41, 5.74) is 4.62. The van der Waals surface area contributed by atoms with Crippen molar-refractivity contribution in [1.29, 1.82) is 0 Å². The van der Waals surface area contributed by atoms with Gasteiger partial charge in [0.25, 0.3) is 0 Å². The van der Waals surface area contributed by atoms with Crippen LogP contribution in [0, 0.1) is 5.82 Å². The van der Waals surface area contributed by atoms with Crippen LogP contribution in [0.3, 0.4) is 0 Å². The van der Waals surface area contributed by atoms with E-state index in [4.69, 9.17) is 14.5 Å². The Kier molecular flexibility index (Phi) is 5.62. The van der Waals surface area contributed by atoms with Gasteiger partial charge in [-0.2, -0.15) is 0 Å². The molecule has 2 N–H and O–H groups in total. The molecule has 2 atom stereocenters. The number of hydrogen-bond acceptors (Lipinski definition) is 7. The molecule has 198 valence electrons. The first-order valence-electron chi connectivity index (χ1n) is 13.2.